The van der Waals surface area contributed by atoms with E-state index in [2.05, 4.69) is 10.6 Å². The lowest BCUT2D eigenvalue weighted by Crippen LogP contribution is -2.25. The van der Waals surface area contributed by atoms with Crippen molar-refractivity contribution in [2.75, 3.05) is 18.6 Å². The number of anilines is 1. The molecular weight excluding hydrogens is 376 g/mol. The van der Waals surface area contributed by atoms with Gasteiger partial charge in [-0.1, -0.05) is 18.2 Å². The third-order valence-corrected chi connectivity index (χ3v) is 5.59. The first-order chi connectivity index (χ1) is 14.5. The predicted octanol–water partition coefficient (Wildman–Crippen LogP) is 4.79. The van der Waals surface area contributed by atoms with E-state index in [0.717, 1.165) is 33.9 Å². The number of esters is 1. The zero-order chi connectivity index (χ0) is 21.4. The number of carbonyl (C=O) groups is 2. The van der Waals surface area contributed by atoms with Gasteiger partial charge in [0.1, 0.15) is 0 Å². The highest BCUT2D eigenvalue weighted by Crippen LogP contribution is 2.38. The molecule has 0 aliphatic carbocycles. The maximum Gasteiger partial charge on any atom is 0.337 e. The van der Waals surface area contributed by atoms with Gasteiger partial charge in [0.25, 0.3) is 5.91 Å². The number of para-hydroxylation sites is 1. The van der Waals surface area contributed by atoms with Crippen molar-refractivity contribution in [3.05, 3.63) is 82.7 Å². The van der Waals surface area contributed by atoms with Gasteiger partial charge in [0.05, 0.1) is 18.4 Å². The number of likely N-dealkylation sites (N-methyl/N-ethyl adjacent to an activating group) is 1. The first kappa shape index (κ1) is 19.7. The van der Waals surface area contributed by atoms with Crippen LogP contribution in [0.15, 0.2) is 54.6 Å². The van der Waals surface area contributed by atoms with Crippen LogP contribution in [0.4, 0.5) is 5.69 Å². The molecule has 0 radical (unpaired) electrons. The van der Waals surface area contributed by atoms with Crippen LogP contribution in [0.2, 0.25) is 0 Å². The van der Waals surface area contributed by atoms with E-state index in [0.29, 0.717) is 17.7 Å². The fourth-order valence-corrected chi connectivity index (χ4v) is 4.11. The molecule has 0 unspecified atom stereocenters. The lowest BCUT2D eigenvalue weighted by atomic mass is 10.0. The van der Waals surface area contributed by atoms with Gasteiger partial charge in [-0.05, 0) is 68.8 Å². The summed E-state index contributed by atoms with van der Waals surface area (Å²) < 4.78 is 6.90. The minimum atomic E-state index is -0.355. The van der Waals surface area contributed by atoms with Gasteiger partial charge in [-0.25, -0.2) is 4.79 Å². The molecule has 0 saturated heterocycles. The van der Waals surface area contributed by atoms with Crippen molar-refractivity contribution < 1.29 is 14.3 Å². The maximum absolute atomic E-state index is 13.0. The van der Waals surface area contributed by atoms with Crippen molar-refractivity contribution in [3.8, 4) is 5.69 Å². The molecule has 152 valence electrons. The number of hydrogen-bond donors (Lipinski definition) is 0. The van der Waals surface area contributed by atoms with Gasteiger partial charge >= 0.3 is 5.97 Å². The minimum Gasteiger partial charge on any atom is -0.465 e. The number of carbonyl (C=O) groups excluding carboxylic acids is 2. The van der Waals surface area contributed by atoms with E-state index in [4.69, 9.17) is 4.74 Å². The number of aromatic nitrogens is 1. The normalized spacial score (nSPS) is 14.3. The number of hydrogen-bond acceptors (Lipinski definition) is 3. The number of fused-ring (bicyclic) bond motifs is 1. The fraction of sp³-hybridized carbons (Fsp3) is 0.200. The minimum absolute atomic E-state index is 0.0333. The van der Waals surface area contributed by atoms with Gasteiger partial charge in [0, 0.05) is 34.8 Å². The van der Waals surface area contributed by atoms with E-state index in [1.807, 2.05) is 68.1 Å². The molecule has 3 aromatic rings. The third-order valence-electron chi connectivity index (χ3n) is 5.59. The largest absolute Gasteiger partial charge is 0.465 e. The Kier molecular flexibility index (Phi) is 5.04. The van der Waals surface area contributed by atoms with Gasteiger partial charge in [-0.3, -0.25) is 4.79 Å². The van der Waals surface area contributed by atoms with Crippen LogP contribution in [-0.4, -0.2) is 30.1 Å². The van der Waals surface area contributed by atoms with Crippen LogP contribution in [0, 0.1) is 13.8 Å². The zero-order valence-corrected chi connectivity index (χ0v) is 17.6. The smallest absolute Gasteiger partial charge is 0.337 e. The number of amides is 1. The fourth-order valence-electron chi connectivity index (χ4n) is 4.11. The van der Waals surface area contributed by atoms with E-state index in [1.165, 1.54) is 7.11 Å². The molecule has 1 aliphatic heterocycles. The summed E-state index contributed by atoms with van der Waals surface area (Å²) in [6.45, 7) is 6.70. The standard InChI is InChI=1S/C25H24N2O3/c1-5-26-23-9-7-6-8-21(23)22(24(26)28)15-19-14-16(2)27(17(19)3)20-12-10-18(11-13-20)25(29)30-4/h6-15H,5H2,1-4H3/b22-15+. The van der Waals surface area contributed by atoms with Crippen LogP contribution in [-0.2, 0) is 9.53 Å². The summed E-state index contributed by atoms with van der Waals surface area (Å²) in [4.78, 5) is 26.5. The molecule has 0 bridgehead atoms. The second kappa shape index (κ2) is 7.67. The quantitative estimate of drug-likeness (QED) is 0.467. The van der Waals surface area contributed by atoms with Gasteiger partial charge in [0.2, 0.25) is 0 Å². The van der Waals surface area contributed by atoms with Crippen LogP contribution < -0.4 is 4.90 Å². The summed E-state index contributed by atoms with van der Waals surface area (Å²) in [6.07, 6.45) is 1.98. The van der Waals surface area contributed by atoms with Gasteiger partial charge < -0.3 is 14.2 Å². The maximum atomic E-state index is 13.0. The Labute approximate surface area is 176 Å². The van der Waals surface area contributed by atoms with Crippen molar-refractivity contribution in [3.63, 3.8) is 0 Å². The second-order valence-corrected chi connectivity index (χ2v) is 7.32. The molecule has 0 atom stereocenters. The summed E-state index contributed by atoms with van der Waals surface area (Å²) in [5, 5.41) is 0. The van der Waals surface area contributed by atoms with Gasteiger partial charge in [-0.2, -0.15) is 0 Å². The molecule has 5 nitrogen and oxygen atoms in total. The zero-order valence-electron chi connectivity index (χ0n) is 17.6. The summed E-state index contributed by atoms with van der Waals surface area (Å²) in [5.74, 6) is -0.322. The molecule has 0 fully saturated rings. The Morgan fingerprint density at radius 1 is 1.07 bits per heavy atom. The lowest BCUT2D eigenvalue weighted by molar-refractivity contribution is -0.112. The number of nitrogens with zero attached hydrogens (tertiary/aromatic N) is 2. The first-order valence-electron chi connectivity index (χ1n) is 9.97. The van der Waals surface area contributed by atoms with E-state index in [1.54, 1.807) is 12.1 Å². The monoisotopic (exact) mass is 400 g/mol. The Morgan fingerprint density at radius 3 is 2.43 bits per heavy atom. The highest BCUT2D eigenvalue weighted by molar-refractivity contribution is 6.35. The Morgan fingerprint density at radius 2 is 1.77 bits per heavy atom. The Balaban J connectivity index is 1.76. The lowest BCUT2D eigenvalue weighted by Gasteiger charge is -2.13. The van der Waals surface area contributed by atoms with Crippen molar-refractivity contribution in [2.24, 2.45) is 0 Å². The average Bonchev–Trinajstić information content (AvgIpc) is 3.20. The van der Waals surface area contributed by atoms with Crippen LogP contribution in [0.1, 0.15) is 39.8 Å². The van der Waals surface area contributed by atoms with Crippen LogP contribution in [0.25, 0.3) is 17.3 Å². The van der Waals surface area contributed by atoms with Crippen molar-refractivity contribution >= 4 is 29.2 Å². The number of rotatable bonds is 4. The number of aryl methyl sites for hydroxylation is 1. The van der Waals surface area contributed by atoms with Crippen LogP contribution >= 0.6 is 0 Å². The third kappa shape index (κ3) is 3.12. The van der Waals surface area contributed by atoms with Crippen molar-refractivity contribution in [1.82, 2.24) is 4.57 Å². The molecule has 5 heteroatoms. The van der Waals surface area contributed by atoms with E-state index in [-0.39, 0.29) is 11.9 Å². The highest BCUT2D eigenvalue weighted by Gasteiger charge is 2.31. The molecular formula is C25H24N2O3. The Hall–Kier alpha value is -3.60. The van der Waals surface area contributed by atoms with E-state index in [9.17, 15) is 9.59 Å². The number of ether oxygens (including phenoxy) is 1. The summed E-state index contributed by atoms with van der Waals surface area (Å²) >= 11 is 0. The highest BCUT2D eigenvalue weighted by atomic mass is 16.5. The second-order valence-electron chi connectivity index (χ2n) is 7.32. The number of benzene rings is 2. The molecule has 4 rings (SSSR count). The SMILES string of the molecule is CCN1C(=O)/C(=C/c2cc(C)n(-c3ccc(C(=O)OC)cc3)c2C)c2ccccc21. The van der Waals surface area contributed by atoms with Gasteiger partial charge in [0.15, 0.2) is 0 Å². The Bertz CT molecular complexity index is 1170. The summed E-state index contributed by atoms with van der Waals surface area (Å²) in [5.41, 5.74) is 7.20. The van der Waals surface area contributed by atoms with Crippen molar-refractivity contribution in [2.45, 2.75) is 20.8 Å². The molecule has 1 aromatic heterocycles. The number of methoxy groups -OCH3 is 1. The summed E-state index contributed by atoms with van der Waals surface area (Å²) in [6, 6.07) is 17.3. The van der Waals surface area contributed by atoms with Crippen LogP contribution in [0.3, 0.4) is 0 Å². The molecule has 0 spiro atoms. The van der Waals surface area contributed by atoms with E-state index >= 15 is 0 Å². The average molecular weight is 400 g/mol. The van der Waals surface area contributed by atoms with E-state index < -0.39 is 0 Å². The van der Waals surface area contributed by atoms with Gasteiger partial charge in [-0.15, -0.1) is 0 Å². The first-order valence-corrected chi connectivity index (χ1v) is 9.97. The van der Waals surface area contributed by atoms with Crippen LogP contribution in [0.5, 0.6) is 0 Å². The molecule has 1 amide bonds. The predicted molar refractivity (Wildman–Crippen MR) is 119 cm³/mol. The molecule has 0 saturated carbocycles. The molecule has 2 heterocycles. The molecule has 1 aliphatic rings. The van der Waals surface area contributed by atoms with Crippen molar-refractivity contribution in [1.29, 1.82) is 0 Å². The topological polar surface area (TPSA) is 51.5 Å². The molecule has 2 aromatic carbocycles. The summed E-state index contributed by atoms with van der Waals surface area (Å²) in [7, 11) is 1.37. The molecule has 30 heavy (non-hydrogen) atoms. The molecule has 0 N–H and O–H groups in total.